The van der Waals surface area contributed by atoms with Crippen LogP contribution < -0.4 is 5.73 Å². The van der Waals surface area contributed by atoms with E-state index in [0.717, 1.165) is 32.5 Å². The summed E-state index contributed by atoms with van der Waals surface area (Å²) >= 11 is 0. The second-order valence-electron chi connectivity index (χ2n) is 4.17. The van der Waals surface area contributed by atoms with Crippen LogP contribution in [0.5, 0.6) is 0 Å². The van der Waals surface area contributed by atoms with Crippen LogP contribution in [0, 0.1) is 5.92 Å². The molecule has 0 radical (unpaired) electrons. The van der Waals surface area contributed by atoms with E-state index in [1.807, 2.05) is 6.92 Å². The Morgan fingerprint density at radius 3 is 2.38 bits per heavy atom. The average molecular weight is 186 g/mol. The predicted octanol–water partition coefficient (Wildman–Crippen LogP) is 0.428. The van der Waals surface area contributed by atoms with Crippen LogP contribution in [-0.4, -0.2) is 41.8 Å². The first-order valence-electron chi connectivity index (χ1n) is 5.27. The molecule has 0 aliphatic carbocycles. The van der Waals surface area contributed by atoms with E-state index in [0.29, 0.717) is 6.54 Å². The topological polar surface area (TPSA) is 49.5 Å². The van der Waals surface area contributed by atoms with E-state index in [1.165, 1.54) is 0 Å². The zero-order valence-electron chi connectivity index (χ0n) is 8.79. The number of likely N-dealkylation sites (tertiary alicyclic amines) is 1. The number of hydrogen-bond donors (Lipinski definition) is 2. The van der Waals surface area contributed by atoms with Crippen LogP contribution in [0.15, 0.2) is 0 Å². The van der Waals surface area contributed by atoms with E-state index in [4.69, 9.17) is 5.73 Å². The van der Waals surface area contributed by atoms with Crippen LogP contribution in [0.25, 0.3) is 0 Å². The van der Waals surface area contributed by atoms with Gasteiger partial charge in [0.05, 0.1) is 5.60 Å². The maximum atomic E-state index is 10.2. The van der Waals surface area contributed by atoms with Crippen molar-refractivity contribution in [3.05, 3.63) is 0 Å². The van der Waals surface area contributed by atoms with Crippen molar-refractivity contribution in [1.82, 2.24) is 4.90 Å². The van der Waals surface area contributed by atoms with Gasteiger partial charge in [0, 0.05) is 13.1 Å². The van der Waals surface area contributed by atoms with Gasteiger partial charge in [0.1, 0.15) is 0 Å². The fourth-order valence-electron chi connectivity index (χ4n) is 1.97. The van der Waals surface area contributed by atoms with E-state index >= 15 is 0 Å². The van der Waals surface area contributed by atoms with Crippen molar-refractivity contribution in [3.63, 3.8) is 0 Å². The Balaban J connectivity index is 2.46. The number of piperidine rings is 1. The van der Waals surface area contributed by atoms with Gasteiger partial charge in [0.15, 0.2) is 0 Å². The lowest BCUT2D eigenvalue weighted by Crippen LogP contribution is -2.49. The zero-order valence-corrected chi connectivity index (χ0v) is 8.79. The SMILES string of the molecule is CCN1CCC(O)(C(C)CN)CC1. The minimum absolute atomic E-state index is 0.228. The molecule has 1 rings (SSSR count). The normalized spacial score (nSPS) is 25.8. The van der Waals surface area contributed by atoms with Crippen LogP contribution >= 0.6 is 0 Å². The maximum absolute atomic E-state index is 10.2. The third-order valence-corrected chi connectivity index (χ3v) is 3.44. The van der Waals surface area contributed by atoms with Crippen molar-refractivity contribution >= 4 is 0 Å². The standard InChI is InChI=1S/C10H22N2O/c1-3-12-6-4-10(13,5-7-12)9(2)8-11/h9,13H,3-8,11H2,1-2H3. The number of hydrogen-bond acceptors (Lipinski definition) is 3. The van der Waals surface area contributed by atoms with Crippen LogP contribution in [0.3, 0.4) is 0 Å². The van der Waals surface area contributed by atoms with Gasteiger partial charge < -0.3 is 15.7 Å². The van der Waals surface area contributed by atoms with E-state index < -0.39 is 5.60 Å². The fourth-order valence-corrected chi connectivity index (χ4v) is 1.97. The van der Waals surface area contributed by atoms with Gasteiger partial charge in [0.2, 0.25) is 0 Å². The number of nitrogens with zero attached hydrogens (tertiary/aromatic N) is 1. The Labute approximate surface area is 80.9 Å². The highest BCUT2D eigenvalue weighted by atomic mass is 16.3. The summed E-state index contributed by atoms with van der Waals surface area (Å²) < 4.78 is 0. The van der Waals surface area contributed by atoms with Crippen molar-refractivity contribution in [2.45, 2.75) is 32.3 Å². The van der Waals surface area contributed by atoms with Gasteiger partial charge in [-0.3, -0.25) is 0 Å². The monoisotopic (exact) mass is 186 g/mol. The molecule has 1 atom stereocenters. The Morgan fingerprint density at radius 2 is 2.00 bits per heavy atom. The number of rotatable bonds is 3. The Hall–Kier alpha value is -0.120. The summed E-state index contributed by atoms with van der Waals surface area (Å²) in [4.78, 5) is 2.37. The van der Waals surface area contributed by atoms with E-state index in [1.54, 1.807) is 0 Å². The van der Waals surface area contributed by atoms with Gasteiger partial charge >= 0.3 is 0 Å². The molecule has 3 heteroatoms. The Kier molecular flexibility index (Phi) is 3.71. The van der Waals surface area contributed by atoms with Gasteiger partial charge in [-0.2, -0.15) is 0 Å². The minimum Gasteiger partial charge on any atom is -0.389 e. The van der Waals surface area contributed by atoms with Crippen LogP contribution in [0.1, 0.15) is 26.7 Å². The summed E-state index contributed by atoms with van der Waals surface area (Å²) in [5.41, 5.74) is 5.08. The van der Waals surface area contributed by atoms with Gasteiger partial charge in [-0.25, -0.2) is 0 Å². The highest BCUT2D eigenvalue weighted by molar-refractivity contribution is 4.89. The summed E-state index contributed by atoms with van der Waals surface area (Å²) in [7, 11) is 0. The molecule has 0 aromatic heterocycles. The molecule has 0 amide bonds. The lowest BCUT2D eigenvalue weighted by molar-refractivity contribution is -0.0581. The van der Waals surface area contributed by atoms with Gasteiger partial charge in [-0.1, -0.05) is 13.8 Å². The molecule has 0 aromatic carbocycles. The molecule has 3 N–H and O–H groups in total. The number of aliphatic hydroxyl groups is 1. The molecule has 0 spiro atoms. The third-order valence-electron chi connectivity index (χ3n) is 3.44. The first-order valence-corrected chi connectivity index (χ1v) is 5.27. The lowest BCUT2D eigenvalue weighted by Gasteiger charge is -2.41. The van der Waals surface area contributed by atoms with E-state index in [9.17, 15) is 5.11 Å². The van der Waals surface area contributed by atoms with Crippen LogP contribution in [0.2, 0.25) is 0 Å². The molecular weight excluding hydrogens is 164 g/mol. The number of nitrogens with two attached hydrogens (primary N) is 1. The average Bonchev–Trinajstić information content (AvgIpc) is 2.18. The fraction of sp³-hybridized carbons (Fsp3) is 1.00. The van der Waals surface area contributed by atoms with Crippen molar-refractivity contribution < 1.29 is 5.11 Å². The third kappa shape index (κ3) is 2.42. The summed E-state index contributed by atoms with van der Waals surface area (Å²) in [6.45, 7) is 7.91. The summed E-state index contributed by atoms with van der Waals surface area (Å²) in [5, 5.41) is 10.2. The van der Waals surface area contributed by atoms with Crippen molar-refractivity contribution in [2.75, 3.05) is 26.2 Å². The van der Waals surface area contributed by atoms with Gasteiger partial charge in [-0.05, 0) is 31.8 Å². The van der Waals surface area contributed by atoms with Crippen LogP contribution in [0.4, 0.5) is 0 Å². The molecule has 0 saturated carbocycles. The van der Waals surface area contributed by atoms with Crippen molar-refractivity contribution in [3.8, 4) is 0 Å². The molecule has 3 nitrogen and oxygen atoms in total. The molecule has 1 aliphatic heterocycles. The molecule has 1 unspecified atom stereocenters. The molecule has 1 fully saturated rings. The molecule has 1 saturated heterocycles. The molecule has 0 bridgehead atoms. The summed E-state index contributed by atoms with van der Waals surface area (Å²) in [5.74, 6) is 0.228. The highest BCUT2D eigenvalue weighted by Crippen LogP contribution is 2.28. The smallest absolute Gasteiger partial charge is 0.0709 e. The van der Waals surface area contributed by atoms with E-state index in [2.05, 4.69) is 11.8 Å². The molecule has 78 valence electrons. The van der Waals surface area contributed by atoms with Crippen molar-refractivity contribution in [2.24, 2.45) is 11.7 Å². The molecular formula is C10H22N2O. The van der Waals surface area contributed by atoms with Gasteiger partial charge in [-0.15, -0.1) is 0 Å². The van der Waals surface area contributed by atoms with Crippen LogP contribution in [-0.2, 0) is 0 Å². The highest BCUT2D eigenvalue weighted by Gasteiger charge is 2.35. The Morgan fingerprint density at radius 1 is 1.46 bits per heavy atom. The second-order valence-corrected chi connectivity index (χ2v) is 4.17. The van der Waals surface area contributed by atoms with Gasteiger partial charge in [0.25, 0.3) is 0 Å². The maximum Gasteiger partial charge on any atom is 0.0709 e. The quantitative estimate of drug-likeness (QED) is 0.672. The molecule has 1 aliphatic rings. The van der Waals surface area contributed by atoms with E-state index in [-0.39, 0.29) is 5.92 Å². The Bertz CT molecular complexity index is 153. The first-order chi connectivity index (χ1) is 6.12. The predicted molar refractivity (Wildman–Crippen MR) is 54.5 cm³/mol. The zero-order chi connectivity index (χ0) is 9.90. The minimum atomic E-state index is -0.500. The largest absolute Gasteiger partial charge is 0.389 e. The molecule has 13 heavy (non-hydrogen) atoms. The molecule has 1 heterocycles. The molecule has 0 aromatic rings. The van der Waals surface area contributed by atoms with Crippen molar-refractivity contribution in [1.29, 1.82) is 0 Å². The first kappa shape index (κ1) is 11.0. The summed E-state index contributed by atoms with van der Waals surface area (Å²) in [6, 6.07) is 0. The summed E-state index contributed by atoms with van der Waals surface area (Å²) in [6.07, 6.45) is 1.75. The lowest BCUT2D eigenvalue weighted by atomic mass is 9.80. The second kappa shape index (κ2) is 4.40.